The van der Waals surface area contributed by atoms with Crippen LogP contribution in [0.3, 0.4) is 0 Å². The number of amides is 1. The predicted molar refractivity (Wildman–Crippen MR) is 66.1 cm³/mol. The molecular weight excluding hydrogens is 240 g/mol. The number of rotatable bonds is 4. The second kappa shape index (κ2) is 4.55. The van der Waals surface area contributed by atoms with E-state index < -0.39 is 5.41 Å². The van der Waals surface area contributed by atoms with E-state index in [-0.39, 0.29) is 5.91 Å². The average molecular weight is 255 g/mol. The van der Waals surface area contributed by atoms with E-state index in [1.54, 1.807) is 26.3 Å². The summed E-state index contributed by atoms with van der Waals surface area (Å²) >= 11 is 5.99. The number of hydrogen-bond donors (Lipinski definition) is 2. The molecule has 1 aliphatic carbocycles. The van der Waals surface area contributed by atoms with Crippen LogP contribution in [0.5, 0.6) is 5.75 Å². The summed E-state index contributed by atoms with van der Waals surface area (Å²) < 4.78 is 5.30. The van der Waals surface area contributed by atoms with Crippen LogP contribution in [0.2, 0.25) is 5.02 Å². The van der Waals surface area contributed by atoms with Gasteiger partial charge in [0, 0.05) is 17.6 Å². The molecule has 17 heavy (non-hydrogen) atoms. The van der Waals surface area contributed by atoms with Crippen LogP contribution in [0.25, 0.3) is 0 Å². The smallest absolute Gasteiger partial charge is 0.244 e. The molecule has 0 atom stereocenters. The van der Waals surface area contributed by atoms with Gasteiger partial charge in [-0.25, -0.2) is 5.43 Å². The highest BCUT2D eigenvalue weighted by Gasteiger charge is 2.52. The van der Waals surface area contributed by atoms with Gasteiger partial charge in [-0.1, -0.05) is 11.6 Å². The zero-order chi connectivity index (χ0) is 12.5. The fourth-order valence-electron chi connectivity index (χ4n) is 2.03. The van der Waals surface area contributed by atoms with Gasteiger partial charge in [-0.2, -0.15) is 0 Å². The zero-order valence-electron chi connectivity index (χ0n) is 9.84. The Labute approximate surface area is 105 Å². The van der Waals surface area contributed by atoms with Gasteiger partial charge in [0.2, 0.25) is 5.91 Å². The van der Waals surface area contributed by atoms with Gasteiger partial charge in [0.1, 0.15) is 5.75 Å². The molecule has 1 amide bonds. The monoisotopic (exact) mass is 254 g/mol. The van der Waals surface area contributed by atoms with Crippen molar-refractivity contribution < 1.29 is 9.53 Å². The fraction of sp³-hybridized carbons (Fsp3) is 0.417. The number of carbonyl (C=O) groups is 1. The molecule has 0 heterocycles. The summed E-state index contributed by atoms with van der Waals surface area (Å²) in [6, 6.07) is 5.36. The number of halogens is 1. The minimum atomic E-state index is -0.487. The Balaban J connectivity index is 2.39. The molecule has 5 heteroatoms. The first kappa shape index (κ1) is 12.2. The standard InChI is InChI=1S/C12H15ClN2O2/c1-14-15-11(16)12(5-6-12)9-7-8(13)3-4-10(9)17-2/h3-4,7,14H,5-6H2,1-2H3,(H,15,16). The highest BCUT2D eigenvalue weighted by molar-refractivity contribution is 6.30. The lowest BCUT2D eigenvalue weighted by atomic mass is 9.94. The molecule has 92 valence electrons. The summed E-state index contributed by atoms with van der Waals surface area (Å²) in [5.41, 5.74) is 5.67. The maximum atomic E-state index is 12.0. The van der Waals surface area contributed by atoms with Gasteiger partial charge in [-0.3, -0.25) is 10.2 Å². The summed E-state index contributed by atoms with van der Waals surface area (Å²) in [5, 5.41) is 0.615. The van der Waals surface area contributed by atoms with E-state index in [0.717, 1.165) is 18.4 Å². The Hall–Kier alpha value is -1.26. The normalized spacial score (nSPS) is 16.4. The Bertz CT molecular complexity index is 444. The third-order valence-corrected chi connectivity index (χ3v) is 3.34. The Morgan fingerprint density at radius 3 is 2.71 bits per heavy atom. The van der Waals surface area contributed by atoms with Crippen molar-refractivity contribution in [1.29, 1.82) is 0 Å². The Morgan fingerprint density at radius 2 is 2.18 bits per heavy atom. The molecule has 1 aliphatic rings. The molecule has 0 radical (unpaired) electrons. The molecule has 0 aromatic heterocycles. The maximum Gasteiger partial charge on any atom is 0.244 e. The molecule has 2 N–H and O–H groups in total. The van der Waals surface area contributed by atoms with E-state index in [2.05, 4.69) is 10.9 Å². The first-order valence-electron chi connectivity index (χ1n) is 5.45. The first-order valence-corrected chi connectivity index (χ1v) is 5.83. The van der Waals surface area contributed by atoms with Crippen molar-refractivity contribution >= 4 is 17.5 Å². The molecule has 4 nitrogen and oxygen atoms in total. The highest BCUT2D eigenvalue weighted by atomic mass is 35.5. The minimum Gasteiger partial charge on any atom is -0.496 e. The number of carbonyl (C=O) groups excluding carboxylic acids is 1. The van der Waals surface area contributed by atoms with Gasteiger partial charge in [0.05, 0.1) is 12.5 Å². The van der Waals surface area contributed by atoms with E-state index in [1.807, 2.05) is 6.07 Å². The lowest BCUT2D eigenvalue weighted by molar-refractivity contribution is -0.124. The molecule has 0 aliphatic heterocycles. The summed E-state index contributed by atoms with van der Waals surface area (Å²) in [7, 11) is 3.27. The number of ether oxygens (including phenoxy) is 1. The number of hydrogen-bond acceptors (Lipinski definition) is 3. The molecule has 0 saturated heterocycles. The van der Waals surface area contributed by atoms with Crippen molar-refractivity contribution in [3.05, 3.63) is 28.8 Å². The van der Waals surface area contributed by atoms with E-state index in [4.69, 9.17) is 16.3 Å². The van der Waals surface area contributed by atoms with E-state index >= 15 is 0 Å². The van der Waals surface area contributed by atoms with Crippen molar-refractivity contribution in [2.24, 2.45) is 0 Å². The number of benzene rings is 1. The maximum absolute atomic E-state index is 12.0. The summed E-state index contributed by atoms with van der Waals surface area (Å²) in [4.78, 5) is 12.0. The van der Waals surface area contributed by atoms with Crippen molar-refractivity contribution in [1.82, 2.24) is 10.9 Å². The molecular formula is C12H15ClN2O2. The van der Waals surface area contributed by atoms with E-state index in [0.29, 0.717) is 10.8 Å². The van der Waals surface area contributed by atoms with Crippen molar-refractivity contribution in [2.75, 3.05) is 14.2 Å². The molecule has 0 unspecified atom stereocenters. The van der Waals surface area contributed by atoms with Gasteiger partial charge in [-0.15, -0.1) is 0 Å². The Morgan fingerprint density at radius 1 is 1.47 bits per heavy atom. The van der Waals surface area contributed by atoms with Crippen LogP contribution < -0.4 is 15.6 Å². The van der Waals surface area contributed by atoms with Gasteiger partial charge in [-0.05, 0) is 31.0 Å². The van der Waals surface area contributed by atoms with Crippen LogP contribution in [-0.2, 0) is 10.2 Å². The van der Waals surface area contributed by atoms with Crippen LogP contribution in [0.1, 0.15) is 18.4 Å². The summed E-state index contributed by atoms with van der Waals surface area (Å²) in [5.74, 6) is 0.665. The van der Waals surface area contributed by atoms with Gasteiger partial charge in [0.25, 0.3) is 0 Å². The molecule has 1 aromatic carbocycles. The van der Waals surface area contributed by atoms with Crippen molar-refractivity contribution in [2.45, 2.75) is 18.3 Å². The third kappa shape index (κ3) is 2.10. The first-order chi connectivity index (χ1) is 8.14. The lowest BCUT2D eigenvalue weighted by Crippen LogP contribution is -2.41. The number of methoxy groups -OCH3 is 1. The molecule has 1 aromatic rings. The second-order valence-electron chi connectivity index (χ2n) is 4.13. The lowest BCUT2D eigenvalue weighted by Gasteiger charge is -2.18. The molecule has 1 fully saturated rings. The van der Waals surface area contributed by atoms with Crippen LogP contribution in [0.4, 0.5) is 0 Å². The number of hydrazine groups is 1. The van der Waals surface area contributed by atoms with Crippen LogP contribution in [0.15, 0.2) is 18.2 Å². The minimum absolute atomic E-state index is 0.0411. The van der Waals surface area contributed by atoms with E-state index in [9.17, 15) is 4.79 Å². The van der Waals surface area contributed by atoms with Crippen molar-refractivity contribution in [3.8, 4) is 5.75 Å². The van der Waals surface area contributed by atoms with Gasteiger partial charge >= 0.3 is 0 Å². The largest absolute Gasteiger partial charge is 0.496 e. The third-order valence-electron chi connectivity index (χ3n) is 3.10. The molecule has 0 bridgehead atoms. The second-order valence-corrected chi connectivity index (χ2v) is 4.57. The quantitative estimate of drug-likeness (QED) is 0.803. The topological polar surface area (TPSA) is 50.4 Å². The van der Waals surface area contributed by atoms with Gasteiger partial charge in [0.15, 0.2) is 0 Å². The zero-order valence-corrected chi connectivity index (χ0v) is 10.6. The SMILES string of the molecule is CNNC(=O)C1(c2cc(Cl)ccc2OC)CC1. The van der Waals surface area contributed by atoms with Gasteiger partial charge < -0.3 is 4.74 Å². The summed E-state index contributed by atoms with van der Waals surface area (Å²) in [6.45, 7) is 0. The van der Waals surface area contributed by atoms with Crippen molar-refractivity contribution in [3.63, 3.8) is 0 Å². The molecule has 0 spiro atoms. The van der Waals surface area contributed by atoms with Crippen LogP contribution in [-0.4, -0.2) is 20.1 Å². The van der Waals surface area contributed by atoms with Crippen LogP contribution in [0, 0.1) is 0 Å². The number of nitrogens with one attached hydrogen (secondary N) is 2. The van der Waals surface area contributed by atoms with E-state index in [1.165, 1.54) is 0 Å². The fourth-order valence-corrected chi connectivity index (χ4v) is 2.20. The highest BCUT2D eigenvalue weighted by Crippen LogP contribution is 2.51. The predicted octanol–water partition coefficient (Wildman–Crippen LogP) is 1.63. The van der Waals surface area contributed by atoms with Crippen LogP contribution >= 0.6 is 11.6 Å². The molecule has 2 rings (SSSR count). The summed E-state index contributed by atoms with van der Waals surface area (Å²) in [6.07, 6.45) is 1.63. The molecule has 1 saturated carbocycles. The average Bonchev–Trinajstić information content (AvgIpc) is 3.10. The Kier molecular flexibility index (Phi) is 3.26.